The molecule has 0 heterocycles. The summed E-state index contributed by atoms with van der Waals surface area (Å²) in [6.45, 7) is 3.87. The van der Waals surface area contributed by atoms with Crippen LogP contribution in [0.1, 0.15) is 24.2 Å². The van der Waals surface area contributed by atoms with Gasteiger partial charge in [0.15, 0.2) is 0 Å². The van der Waals surface area contributed by atoms with Crippen molar-refractivity contribution < 1.29 is 23.0 Å². The number of esters is 1. The van der Waals surface area contributed by atoms with Crippen LogP contribution in [-0.4, -0.2) is 25.3 Å². The maximum Gasteiger partial charge on any atom is 0.341 e. The summed E-state index contributed by atoms with van der Waals surface area (Å²) in [5, 5.41) is 0. The monoisotopic (exact) mass is 259 g/mol. The third-order valence-corrected chi connectivity index (χ3v) is 2.07. The average molecular weight is 259 g/mol. The van der Waals surface area contributed by atoms with Crippen LogP contribution in [0.2, 0.25) is 0 Å². The van der Waals surface area contributed by atoms with Gasteiger partial charge in [0.25, 0.3) is 0 Å². The smallest absolute Gasteiger partial charge is 0.341 e. The number of benzene rings is 1. The molecule has 2 N–H and O–H groups in total. The van der Waals surface area contributed by atoms with Gasteiger partial charge in [-0.25, -0.2) is 13.6 Å². The summed E-state index contributed by atoms with van der Waals surface area (Å²) < 4.78 is 36.1. The van der Waals surface area contributed by atoms with Gasteiger partial charge in [-0.2, -0.15) is 0 Å². The summed E-state index contributed by atoms with van der Waals surface area (Å²) in [6, 6.07) is 1.47. The second-order valence-corrected chi connectivity index (χ2v) is 3.91. The Kier molecular flexibility index (Phi) is 5.03. The molecule has 0 aromatic heterocycles. The number of halogens is 2. The summed E-state index contributed by atoms with van der Waals surface area (Å²) in [5.74, 6) is -2.81. The number of anilines is 1. The van der Waals surface area contributed by atoms with Crippen LogP contribution in [0.25, 0.3) is 0 Å². The van der Waals surface area contributed by atoms with Gasteiger partial charge < -0.3 is 15.2 Å². The first-order chi connectivity index (χ1) is 8.41. The number of rotatable bonds is 5. The molecule has 18 heavy (non-hydrogen) atoms. The van der Waals surface area contributed by atoms with Gasteiger partial charge in [0.2, 0.25) is 0 Å². The van der Waals surface area contributed by atoms with Crippen molar-refractivity contribution in [1.82, 2.24) is 0 Å². The maximum absolute atomic E-state index is 13.3. The Hall–Kier alpha value is -1.69. The molecule has 6 heteroatoms. The van der Waals surface area contributed by atoms with Crippen molar-refractivity contribution in [2.75, 3.05) is 18.9 Å². The summed E-state index contributed by atoms with van der Waals surface area (Å²) in [7, 11) is 0. The largest absolute Gasteiger partial charge is 0.460 e. The molecule has 0 spiro atoms. The van der Waals surface area contributed by atoms with E-state index in [-0.39, 0.29) is 25.0 Å². The summed E-state index contributed by atoms with van der Waals surface area (Å²) >= 11 is 0. The number of hydrogen-bond acceptors (Lipinski definition) is 4. The molecule has 1 aromatic carbocycles. The lowest BCUT2D eigenvalue weighted by molar-refractivity contribution is 0.0173. The second-order valence-electron chi connectivity index (χ2n) is 3.91. The summed E-state index contributed by atoms with van der Waals surface area (Å²) in [5.41, 5.74) is 4.55. The van der Waals surface area contributed by atoms with Crippen molar-refractivity contribution in [2.24, 2.45) is 0 Å². The van der Waals surface area contributed by atoms with E-state index in [9.17, 15) is 13.6 Å². The van der Waals surface area contributed by atoms with E-state index in [4.69, 9.17) is 15.2 Å². The van der Waals surface area contributed by atoms with Crippen LogP contribution in [0.3, 0.4) is 0 Å². The Morgan fingerprint density at radius 1 is 1.28 bits per heavy atom. The topological polar surface area (TPSA) is 61.5 Å². The Morgan fingerprint density at radius 2 is 1.94 bits per heavy atom. The third kappa shape index (κ3) is 3.96. The molecule has 4 nitrogen and oxygen atoms in total. The highest BCUT2D eigenvalue weighted by Gasteiger charge is 2.16. The molecule has 0 saturated heterocycles. The first kappa shape index (κ1) is 14.4. The lowest BCUT2D eigenvalue weighted by Gasteiger charge is -2.09. The number of ether oxygens (including phenoxy) is 2. The third-order valence-electron chi connectivity index (χ3n) is 2.07. The number of carbonyl (C=O) groups is 1. The Balaban J connectivity index is 2.59. The molecule has 0 amide bonds. The van der Waals surface area contributed by atoms with Crippen LogP contribution in [0.15, 0.2) is 12.1 Å². The van der Waals surface area contributed by atoms with Crippen LogP contribution in [-0.2, 0) is 9.47 Å². The standard InChI is InChI=1S/C12H15F2NO3/c1-7(2)17-3-4-18-12(16)8-5-11(15)10(14)6-9(8)13/h5-7H,3-4,15H2,1-2H3. The van der Waals surface area contributed by atoms with Gasteiger partial charge in [-0.1, -0.05) is 0 Å². The highest BCUT2D eigenvalue weighted by Crippen LogP contribution is 2.17. The molecule has 0 fully saturated rings. The van der Waals surface area contributed by atoms with Gasteiger partial charge in [-0.3, -0.25) is 0 Å². The van der Waals surface area contributed by atoms with Crippen molar-refractivity contribution in [3.8, 4) is 0 Å². The van der Waals surface area contributed by atoms with Crippen LogP contribution in [0.5, 0.6) is 0 Å². The van der Waals surface area contributed by atoms with Gasteiger partial charge in [0.1, 0.15) is 18.2 Å². The molecule has 0 unspecified atom stereocenters. The van der Waals surface area contributed by atoms with Crippen molar-refractivity contribution >= 4 is 11.7 Å². The van der Waals surface area contributed by atoms with Gasteiger partial charge in [0, 0.05) is 6.07 Å². The molecule has 0 bridgehead atoms. The second kappa shape index (κ2) is 6.30. The zero-order chi connectivity index (χ0) is 13.7. The van der Waals surface area contributed by atoms with Crippen molar-refractivity contribution in [3.63, 3.8) is 0 Å². The predicted molar refractivity (Wildman–Crippen MR) is 62.1 cm³/mol. The van der Waals surface area contributed by atoms with Crippen LogP contribution >= 0.6 is 0 Å². The molecule has 0 aliphatic heterocycles. The molecular weight excluding hydrogens is 244 g/mol. The fourth-order valence-corrected chi connectivity index (χ4v) is 1.22. The van der Waals surface area contributed by atoms with Gasteiger partial charge in [0.05, 0.1) is 24.0 Å². The summed E-state index contributed by atoms with van der Waals surface area (Å²) in [6.07, 6.45) is 0.0157. The van der Waals surface area contributed by atoms with E-state index < -0.39 is 23.2 Å². The van der Waals surface area contributed by atoms with Crippen LogP contribution < -0.4 is 5.73 Å². The average Bonchev–Trinajstić information content (AvgIpc) is 2.28. The zero-order valence-corrected chi connectivity index (χ0v) is 10.2. The zero-order valence-electron chi connectivity index (χ0n) is 10.2. The predicted octanol–water partition coefficient (Wildman–Crippen LogP) is 2.13. The van der Waals surface area contributed by atoms with E-state index in [1.54, 1.807) is 0 Å². The minimum atomic E-state index is -1.00. The number of carbonyl (C=O) groups excluding carboxylic acids is 1. The van der Waals surface area contributed by atoms with Gasteiger partial charge in [-0.05, 0) is 19.9 Å². The maximum atomic E-state index is 13.3. The van der Waals surface area contributed by atoms with E-state index in [1.165, 1.54) is 0 Å². The van der Waals surface area contributed by atoms with Crippen molar-refractivity contribution in [3.05, 3.63) is 29.3 Å². The molecule has 0 atom stereocenters. The quantitative estimate of drug-likeness (QED) is 0.500. The molecule has 100 valence electrons. The van der Waals surface area contributed by atoms with Gasteiger partial charge >= 0.3 is 5.97 Å². The highest BCUT2D eigenvalue weighted by atomic mass is 19.1. The molecule has 0 aliphatic carbocycles. The van der Waals surface area contributed by atoms with Crippen LogP contribution in [0, 0.1) is 11.6 Å². The number of nitrogens with two attached hydrogens (primary N) is 1. The minimum absolute atomic E-state index is 0.00622. The van der Waals surface area contributed by atoms with Crippen LogP contribution in [0.4, 0.5) is 14.5 Å². The number of hydrogen-bond donors (Lipinski definition) is 1. The van der Waals surface area contributed by atoms with E-state index in [2.05, 4.69) is 0 Å². The van der Waals surface area contributed by atoms with E-state index in [1.807, 2.05) is 13.8 Å². The lowest BCUT2D eigenvalue weighted by Crippen LogP contribution is -2.15. The van der Waals surface area contributed by atoms with E-state index >= 15 is 0 Å². The summed E-state index contributed by atoms with van der Waals surface area (Å²) in [4.78, 5) is 11.5. The van der Waals surface area contributed by atoms with Gasteiger partial charge in [-0.15, -0.1) is 0 Å². The Bertz CT molecular complexity index is 436. The Morgan fingerprint density at radius 3 is 2.56 bits per heavy atom. The first-order valence-corrected chi connectivity index (χ1v) is 5.45. The normalized spacial score (nSPS) is 10.7. The fourth-order valence-electron chi connectivity index (χ4n) is 1.22. The van der Waals surface area contributed by atoms with Crippen molar-refractivity contribution in [1.29, 1.82) is 0 Å². The lowest BCUT2D eigenvalue weighted by atomic mass is 10.2. The molecule has 1 rings (SSSR count). The molecule has 0 saturated carbocycles. The van der Waals surface area contributed by atoms with E-state index in [0.717, 1.165) is 6.07 Å². The molecular formula is C12H15F2NO3. The number of nitrogen functional groups attached to an aromatic ring is 1. The first-order valence-electron chi connectivity index (χ1n) is 5.45. The SMILES string of the molecule is CC(C)OCCOC(=O)c1cc(N)c(F)cc1F. The molecule has 0 aliphatic rings. The Labute approximate surface area is 104 Å². The molecule has 0 radical (unpaired) electrons. The highest BCUT2D eigenvalue weighted by molar-refractivity contribution is 5.90. The van der Waals surface area contributed by atoms with Crippen molar-refractivity contribution in [2.45, 2.75) is 20.0 Å². The minimum Gasteiger partial charge on any atom is -0.460 e. The van der Waals surface area contributed by atoms with E-state index in [0.29, 0.717) is 6.07 Å². The molecule has 1 aromatic rings. The fraction of sp³-hybridized carbons (Fsp3) is 0.417.